The predicted molar refractivity (Wildman–Crippen MR) is 72.2 cm³/mol. The minimum absolute atomic E-state index is 0.148. The number of hydrogen-bond donors (Lipinski definition) is 0. The first-order valence-corrected chi connectivity index (χ1v) is 9.06. The molecule has 94 valence electrons. The minimum Gasteiger partial charge on any atom is -0.463 e. The normalized spacial score (nSPS) is 11.2. The van der Waals surface area contributed by atoms with E-state index in [1.807, 2.05) is 0 Å². The number of carbonyl (C=O) groups is 1. The molecule has 0 amide bonds. The van der Waals surface area contributed by atoms with Crippen molar-refractivity contribution in [2.75, 3.05) is 6.61 Å². The SMILES string of the molecule is C=C(C(=O)OCCCC)[Si](CC)(CC)CC. The second-order valence-electron chi connectivity index (χ2n) is 4.31. The van der Waals surface area contributed by atoms with E-state index in [0.29, 0.717) is 6.61 Å². The fourth-order valence-electron chi connectivity index (χ4n) is 2.00. The molecular weight excluding hydrogens is 216 g/mol. The molecule has 0 radical (unpaired) electrons. The summed E-state index contributed by atoms with van der Waals surface area (Å²) < 4.78 is 5.25. The highest BCUT2D eigenvalue weighted by atomic mass is 28.3. The van der Waals surface area contributed by atoms with Gasteiger partial charge in [-0.15, -0.1) is 0 Å². The summed E-state index contributed by atoms with van der Waals surface area (Å²) in [5.74, 6) is -0.148. The van der Waals surface area contributed by atoms with Crippen LogP contribution in [0.5, 0.6) is 0 Å². The van der Waals surface area contributed by atoms with Crippen LogP contribution in [0.2, 0.25) is 18.1 Å². The Bertz CT molecular complexity index is 224. The highest BCUT2D eigenvalue weighted by Crippen LogP contribution is 2.28. The summed E-state index contributed by atoms with van der Waals surface area (Å²) in [6.07, 6.45) is 2.00. The molecule has 3 heteroatoms. The molecule has 16 heavy (non-hydrogen) atoms. The third kappa shape index (κ3) is 3.78. The van der Waals surface area contributed by atoms with Crippen molar-refractivity contribution < 1.29 is 9.53 Å². The van der Waals surface area contributed by atoms with Gasteiger partial charge < -0.3 is 4.74 Å². The highest BCUT2D eigenvalue weighted by molar-refractivity contribution is 6.89. The van der Waals surface area contributed by atoms with Gasteiger partial charge in [0, 0.05) is 5.20 Å². The van der Waals surface area contributed by atoms with Gasteiger partial charge in [-0.2, -0.15) is 0 Å². The summed E-state index contributed by atoms with van der Waals surface area (Å²) in [7, 11) is -1.61. The Morgan fingerprint density at radius 3 is 2.00 bits per heavy atom. The number of carbonyl (C=O) groups excluding carboxylic acids is 1. The van der Waals surface area contributed by atoms with Crippen molar-refractivity contribution in [2.24, 2.45) is 0 Å². The summed E-state index contributed by atoms with van der Waals surface area (Å²) in [6, 6.07) is 3.26. The van der Waals surface area contributed by atoms with Gasteiger partial charge in [0.15, 0.2) is 0 Å². The lowest BCUT2D eigenvalue weighted by Crippen LogP contribution is -2.38. The Morgan fingerprint density at radius 2 is 1.62 bits per heavy atom. The van der Waals surface area contributed by atoms with Crippen LogP contribution in [0.1, 0.15) is 40.5 Å². The molecule has 0 heterocycles. The maximum Gasteiger partial charge on any atom is 0.329 e. The third-order valence-electron chi connectivity index (χ3n) is 3.65. The largest absolute Gasteiger partial charge is 0.463 e. The van der Waals surface area contributed by atoms with Gasteiger partial charge in [-0.25, -0.2) is 4.79 Å². The van der Waals surface area contributed by atoms with Crippen LogP contribution in [0.4, 0.5) is 0 Å². The number of unbranched alkanes of at least 4 members (excludes halogenated alkanes) is 1. The van der Waals surface area contributed by atoms with Crippen LogP contribution in [0.15, 0.2) is 11.8 Å². The molecule has 0 fully saturated rings. The highest BCUT2D eigenvalue weighted by Gasteiger charge is 2.34. The van der Waals surface area contributed by atoms with Crippen LogP contribution in [0, 0.1) is 0 Å². The zero-order valence-corrected chi connectivity index (χ0v) is 12.3. The van der Waals surface area contributed by atoms with Gasteiger partial charge in [0.05, 0.1) is 14.7 Å². The fraction of sp³-hybridized carbons (Fsp3) is 0.769. The van der Waals surface area contributed by atoms with Crippen molar-refractivity contribution >= 4 is 14.0 Å². The van der Waals surface area contributed by atoms with Crippen LogP contribution in [-0.2, 0) is 9.53 Å². The molecule has 0 saturated carbocycles. The number of rotatable bonds is 8. The van der Waals surface area contributed by atoms with Crippen LogP contribution >= 0.6 is 0 Å². The lowest BCUT2D eigenvalue weighted by molar-refractivity contribution is -0.138. The van der Waals surface area contributed by atoms with Crippen LogP contribution in [0.3, 0.4) is 0 Å². The quantitative estimate of drug-likeness (QED) is 0.279. The average molecular weight is 242 g/mol. The van der Waals surface area contributed by atoms with Gasteiger partial charge in [0.25, 0.3) is 0 Å². The second kappa shape index (κ2) is 7.66. The zero-order valence-electron chi connectivity index (χ0n) is 11.3. The fourth-order valence-corrected chi connectivity index (χ4v) is 5.29. The van der Waals surface area contributed by atoms with E-state index < -0.39 is 8.07 Å². The Balaban J connectivity index is 4.44. The van der Waals surface area contributed by atoms with Crippen molar-refractivity contribution in [1.82, 2.24) is 0 Å². The predicted octanol–water partition coefficient (Wildman–Crippen LogP) is 3.93. The molecule has 0 N–H and O–H groups in total. The first kappa shape index (κ1) is 15.4. The second-order valence-corrected chi connectivity index (χ2v) is 9.59. The van der Waals surface area contributed by atoms with E-state index in [-0.39, 0.29) is 5.97 Å². The van der Waals surface area contributed by atoms with Crippen molar-refractivity contribution in [3.63, 3.8) is 0 Å². The van der Waals surface area contributed by atoms with E-state index >= 15 is 0 Å². The molecule has 0 unspecified atom stereocenters. The summed E-state index contributed by atoms with van der Waals surface area (Å²) in [6.45, 7) is 13.1. The van der Waals surface area contributed by atoms with Crippen molar-refractivity contribution in [3.8, 4) is 0 Å². The molecule has 2 nitrogen and oxygen atoms in total. The minimum atomic E-state index is -1.61. The van der Waals surface area contributed by atoms with E-state index in [2.05, 4.69) is 34.3 Å². The lowest BCUT2D eigenvalue weighted by Gasteiger charge is -2.28. The van der Waals surface area contributed by atoms with Crippen LogP contribution in [-0.4, -0.2) is 20.7 Å². The molecule has 0 bridgehead atoms. The van der Waals surface area contributed by atoms with Crippen molar-refractivity contribution in [1.29, 1.82) is 0 Å². The van der Waals surface area contributed by atoms with Gasteiger partial charge >= 0.3 is 5.97 Å². The molecule has 0 aliphatic heterocycles. The van der Waals surface area contributed by atoms with E-state index in [1.165, 1.54) is 0 Å². The maximum atomic E-state index is 11.9. The number of ether oxygens (including phenoxy) is 1. The van der Waals surface area contributed by atoms with Crippen molar-refractivity contribution in [3.05, 3.63) is 11.8 Å². The zero-order chi connectivity index (χ0) is 12.6. The van der Waals surface area contributed by atoms with E-state index in [1.54, 1.807) is 0 Å². The Morgan fingerprint density at radius 1 is 1.12 bits per heavy atom. The Hall–Kier alpha value is -0.573. The van der Waals surface area contributed by atoms with E-state index in [0.717, 1.165) is 36.2 Å². The van der Waals surface area contributed by atoms with Gasteiger partial charge in [-0.3, -0.25) is 0 Å². The van der Waals surface area contributed by atoms with Crippen LogP contribution < -0.4 is 0 Å². The van der Waals surface area contributed by atoms with Crippen LogP contribution in [0.25, 0.3) is 0 Å². The standard InChI is InChI=1S/C13H26O2Si/c1-6-10-11-15-13(14)12(5)16(7-2,8-3)9-4/h5-11H2,1-4H3. The van der Waals surface area contributed by atoms with Gasteiger partial charge in [0.2, 0.25) is 0 Å². The van der Waals surface area contributed by atoms with Crippen molar-refractivity contribution in [2.45, 2.75) is 58.7 Å². The lowest BCUT2D eigenvalue weighted by atomic mass is 10.4. The first-order chi connectivity index (χ1) is 7.57. The summed E-state index contributed by atoms with van der Waals surface area (Å²) in [5, 5.41) is 0.788. The molecule has 0 aromatic rings. The molecular formula is C13H26O2Si. The Kier molecular flexibility index (Phi) is 7.39. The molecule has 0 rings (SSSR count). The molecule has 0 aliphatic rings. The van der Waals surface area contributed by atoms with E-state index in [9.17, 15) is 4.79 Å². The average Bonchev–Trinajstić information content (AvgIpc) is 2.32. The third-order valence-corrected chi connectivity index (χ3v) is 9.19. The number of esters is 1. The molecule has 0 saturated heterocycles. The summed E-state index contributed by atoms with van der Waals surface area (Å²) >= 11 is 0. The van der Waals surface area contributed by atoms with Gasteiger partial charge in [-0.1, -0.05) is 58.8 Å². The van der Waals surface area contributed by atoms with Gasteiger partial charge in [0.1, 0.15) is 0 Å². The molecule has 0 spiro atoms. The van der Waals surface area contributed by atoms with E-state index in [4.69, 9.17) is 4.74 Å². The topological polar surface area (TPSA) is 26.3 Å². The number of hydrogen-bond acceptors (Lipinski definition) is 2. The summed E-state index contributed by atoms with van der Waals surface area (Å²) in [5.41, 5.74) is 0. The maximum absolute atomic E-state index is 11.9. The monoisotopic (exact) mass is 242 g/mol. The smallest absolute Gasteiger partial charge is 0.329 e. The van der Waals surface area contributed by atoms with Gasteiger partial charge in [-0.05, 0) is 6.42 Å². The molecule has 0 aliphatic carbocycles. The Labute approximate surface area is 101 Å². The first-order valence-electron chi connectivity index (χ1n) is 6.44. The molecule has 0 aromatic heterocycles. The summed E-state index contributed by atoms with van der Waals surface area (Å²) in [4.78, 5) is 11.9. The molecule has 0 atom stereocenters. The molecule has 0 aromatic carbocycles.